The zero-order valence-electron chi connectivity index (χ0n) is 16.7. The van der Waals surface area contributed by atoms with Crippen molar-refractivity contribution in [1.82, 2.24) is 4.90 Å². The van der Waals surface area contributed by atoms with Crippen molar-refractivity contribution in [3.05, 3.63) is 59.7 Å². The second-order valence-electron chi connectivity index (χ2n) is 7.54. The van der Waals surface area contributed by atoms with Gasteiger partial charge in [-0.15, -0.1) is 0 Å². The summed E-state index contributed by atoms with van der Waals surface area (Å²) in [6.07, 6.45) is 0.492. The molecule has 0 spiro atoms. The number of sulfonamides is 1. The van der Waals surface area contributed by atoms with Crippen molar-refractivity contribution in [2.24, 2.45) is 0 Å². The van der Waals surface area contributed by atoms with Gasteiger partial charge in [0.25, 0.3) is 0 Å². The number of piperazine rings is 1. The lowest BCUT2D eigenvalue weighted by atomic mass is 10.0. The minimum Gasteiger partial charge on any atom is -0.387 e. The zero-order chi connectivity index (χ0) is 20.3. The number of rotatable bonds is 6. The van der Waals surface area contributed by atoms with Crippen molar-refractivity contribution in [3.8, 4) is 0 Å². The summed E-state index contributed by atoms with van der Waals surface area (Å²) in [4.78, 5) is 4.69. The zero-order valence-corrected chi connectivity index (χ0v) is 17.5. The molecular weight excluding hydrogens is 374 g/mol. The van der Waals surface area contributed by atoms with Crippen molar-refractivity contribution in [2.75, 3.05) is 42.1 Å². The van der Waals surface area contributed by atoms with Gasteiger partial charge >= 0.3 is 0 Å². The SMILES string of the molecule is Cc1cccc(N2CCN(C(C)C(O)c3ccc(NS(C)(=O)=O)cc3)CC2)c1. The van der Waals surface area contributed by atoms with E-state index in [1.165, 1.54) is 11.3 Å². The molecule has 1 saturated heterocycles. The number of nitrogens with one attached hydrogen (secondary N) is 1. The average Bonchev–Trinajstić information content (AvgIpc) is 2.66. The molecule has 2 atom stereocenters. The number of aliphatic hydroxyl groups is 1. The molecule has 0 amide bonds. The summed E-state index contributed by atoms with van der Waals surface area (Å²) in [7, 11) is -3.30. The molecule has 0 aromatic heterocycles. The van der Waals surface area contributed by atoms with E-state index in [1.807, 2.05) is 6.92 Å². The second-order valence-corrected chi connectivity index (χ2v) is 9.29. The highest BCUT2D eigenvalue weighted by molar-refractivity contribution is 7.92. The highest BCUT2D eigenvalue weighted by Crippen LogP contribution is 2.25. The van der Waals surface area contributed by atoms with Crippen molar-refractivity contribution in [1.29, 1.82) is 0 Å². The lowest BCUT2D eigenvalue weighted by Crippen LogP contribution is -2.51. The van der Waals surface area contributed by atoms with E-state index in [0.29, 0.717) is 5.69 Å². The molecule has 152 valence electrons. The van der Waals surface area contributed by atoms with Crippen LogP contribution in [0.15, 0.2) is 48.5 Å². The van der Waals surface area contributed by atoms with Crippen LogP contribution in [0, 0.1) is 6.92 Å². The topological polar surface area (TPSA) is 72.9 Å². The molecule has 1 fully saturated rings. The van der Waals surface area contributed by atoms with E-state index in [2.05, 4.69) is 45.7 Å². The number of anilines is 2. The van der Waals surface area contributed by atoms with Gasteiger partial charge in [-0.05, 0) is 49.2 Å². The number of hydrogen-bond acceptors (Lipinski definition) is 5. The first-order valence-electron chi connectivity index (χ1n) is 9.54. The molecule has 2 aromatic carbocycles. The summed E-state index contributed by atoms with van der Waals surface area (Å²) in [5.41, 5.74) is 3.80. The molecule has 28 heavy (non-hydrogen) atoms. The van der Waals surface area contributed by atoms with Crippen LogP contribution in [0.5, 0.6) is 0 Å². The molecule has 7 heteroatoms. The Balaban J connectivity index is 1.59. The maximum absolute atomic E-state index is 11.3. The van der Waals surface area contributed by atoms with Gasteiger partial charge in [-0.3, -0.25) is 9.62 Å². The molecule has 0 saturated carbocycles. The Morgan fingerprint density at radius 1 is 1.04 bits per heavy atom. The van der Waals surface area contributed by atoms with Gasteiger partial charge in [0.05, 0.1) is 12.4 Å². The summed E-state index contributed by atoms with van der Waals surface area (Å²) in [6, 6.07) is 15.4. The summed E-state index contributed by atoms with van der Waals surface area (Å²) >= 11 is 0. The Morgan fingerprint density at radius 3 is 2.25 bits per heavy atom. The smallest absolute Gasteiger partial charge is 0.229 e. The van der Waals surface area contributed by atoms with Crippen molar-refractivity contribution in [2.45, 2.75) is 26.0 Å². The van der Waals surface area contributed by atoms with Crippen LogP contribution in [0.25, 0.3) is 0 Å². The number of hydrogen-bond donors (Lipinski definition) is 2. The summed E-state index contributed by atoms with van der Waals surface area (Å²) in [6.45, 7) is 7.78. The largest absolute Gasteiger partial charge is 0.387 e. The van der Waals surface area contributed by atoms with Crippen LogP contribution in [0.3, 0.4) is 0 Å². The first-order valence-corrected chi connectivity index (χ1v) is 11.4. The molecule has 1 aliphatic heterocycles. The van der Waals surface area contributed by atoms with E-state index in [4.69, 9.17) is 0 Å². The fraction of sp³-hybridized carbons (Fsp3) is 0.429. The fourth-order valence-electron chi connectivity index (χ4n) is 3.65. The summed E-state index contributed by atoms with van der Waals surface area (Å²) in [5, 5.41) is 10.8. The Hall–Kier alpha value is -2.09. The minimum absolute atomic E-state index is 0.0200. The third kappa shape index (κ3) is 5.25. The van der Waals surface area contributed by atoms with Gasteiger partial charge in [0, 0.05) is 43.6 Å². The predicted molar refractivity (Wildman–Crippen MR) is 114 cm³/mol. The maximum atomic E-state index is 11.3. The van der Waals surface area contributed by atoms with Gasteiger partial charge in [0.1, 0.15) is 0 Å². The maximum Gasteiger partial charge on any atom is 0.229 e. The highest BCUT2D eigenvalue weighted by atomic mass is 32.2. The molecule has 0 aliphatic carbocycles. The standard InChI is InChI=1S/C21H29N3O3S/c1-16-5-4-6-20(15-16)24-13-11-23(12-14-24)17(2)21(25)18-7-9-19(10-8-18)22-28(3,26)27/h4-10,15,17,21-22,25H,11-14H2,1-3H3. The first-order chi connectivity index (χ1) is 13.2. The predicted octanol–water partition coefficient (Wildman–Crippen LogP) is 2.61. The third-order valence-electron chi connectivity index (χ3n) is 5.27. The van der Waals surface area contributed by atoms with Crippen LogP contribution < -0.4 is 9.62 Å². The van der Waals surface area contributed by atoms with Gasteiger partial charge < -0.3 is 10.0 Å². The first kappa shape index (κ1) is 20.6. The molecule has 1 heterocycles. The van der Waals surface area contributed by atoms with E-state index in [0.717, 1.165) is 38.0 Å². The van der Waals surface area contributed by atoms with Crippen LogP contribution in [-0.2, 0) is 10.0 Å². The molecule has 3 rings (SSSR count). The minimum atomic E-state index is -3.30. The van der Waals surface area contributed by atoms with E-state index in [1.54, 1.807) is 24.3 Å². The molecule has 0 bridgehead atoms. The highest BCUT2D eigenvalue weighted by Gasteiger charge is 2.26. The number of aryl methyl sites for hydroxylation is 1. The Morgan fingerprint density at radius 2 is 1.68 bits per heavy atom. The molecule has 2 aromatic rings. The fourth-order valence-corrected chi connectivity index (χ4v) is 4.22. The lowest BCUT2D eigenvalue weighted by molar-refractivity contribution is 0.0546. The van der Waals surface area contributed by atoms with Crippen LogP contribution in [-0.4, -0.2) is 56.9 Å². The van der Waals surface area contributed by atoms with E-state index in [9.17, 15) is 13.5 Å². The number of aliphatic hydroxyl groups excluding tert-OH is 1. The quantitative estimate of drug-likeness (QED) is 0.776. The van der Waals surface area contributed by atoms with E-state index < -0.39 is 16.1 Å². The van der Waals surface area contributed by atoms with Gasteiger partial charge in [-0.1, -0.05) is 24.3 Å². The van der Waals surface area contributed by atoms with E-state index in [-0.39, 0.29) is 6.04 Å². The van der Waals surface area contributed by atoms with Crippen molar-refractivity contribution < 1.29 is 13.5 Å². The average molecular weight is 404 g/mol. The summed E-state index contributed by atoms with van der Waals surface area (Å²) in [5.74, 6) is 0. The Bertz CT molecular complexity index is 891. The number of benzene rings is 2. The summed E-state index contributed by atoms with van der Waals surface area (Å²) < 4.78 is 25.1. The van der Waals surface area contributed by atoms with Gasteiger partial charge in [0.2, 0.25) is 10.0 Å². The molecule has 0 radical (unpaired) electrons. The van der Waals surface area contributed by atoms with Crippen LogP contribution in [0.2, 0.25) is 0 Å². The van der Waals surface area contributed by atoms with E-state index >= 15 is 0 Å². The van der Waals surface area contributed by atoms with Gasteiger partial charge in [-0.2, -0.15) is 0 Å². The van der Waals surface area contributed by atoms with Gasteiger partial charge in [-0.25, -0.2) is 8.42 Å². The van der Waals surface area contributed by atoms with Crippen LogP contribution in [0.1, 0.15) is 24.2 Å². The van der Waals surface area contributed by atoms with Gasteiger partial charge in [0.15, 0.2) is 0 Å². The molecule has 2 unspecified atom stereocenters. The number of nitrogens with zero attached hydrogens (tertiary/aromatic N) is 2. The molecular formula is C21H29N3O3S. The Kier molecular flexibility index (Phi) is 6.27. The van der Waals surface area contributed by atoms with Crippen molar-refractivity contribution >= 4 is 21.4 Å². The molecule has 6 nitrogen and oxygen atoms in total. The molecule has 2 N–H and O–H groups in total. The monoisotopic (exact) mass is 403 g/mol. The Labute approximate surface area is 167 Å². The van der Waals surface area contributed by atoms with Crippen LogP contribution in [0.4, 0.5) is 11.4 Å². The normalized spacial score (nSPS) is 17.9. The third-order valence-corrected chi connectivity index (χ3v) is 5.88. The lowest BCUT2D eigenvalue weighted by Gasteiger charge is -2.40. The van der Waals surface area contributed by atoms with Crippen LogP contribution >= 0.6 is 0 Å². The molecule has 1 aliphatic rings. The van der Waals surface area contributed by atoms with Crippen molar-refractivity contribution in [3.63, 3.8) is 0 Å². The second kappa shape index (κ2) is 8.51.